The predicted molar refractivity (Wildman–Crippen MR) is 99.6 cm³/mol. The molecule has 1 aliphatic carbocycles. The molecule has 1 heterocycles. The molecule has 0 N–H and O–H groups in total. The Labute approximate surface area is 152 Å². The van der Waals surface area contributed by atoms with Crippen LogP contribution in [-0.4, -0.2) is 38.2 Å². The second-order valence-corrected chi connectivity index (χ2v) is 6.33. The van der Waals surface area contributed by atoms with Crippen LogP contribution in [0.2, 0.25) is 0 Å². The summed E-state index contributed by atoms with van der Waals surface area (Å²) in [5, 5.41) is 5.80. The number of methoxy groups -OCH3 is 4. The van der Waals surface area contributed by atoms with Crippen LogP contribution in [0.15, 0.2) is 30.5 Å². The van der Waals surface area contributed by atoms with Crippen molar-refractivity contribution in [3.05, 3.63) is 30.5 Å². The monoisotopic (exact) mass is 354 g/mol. The quantitative estimate of drug-likeness (QED) is 0.668. The highest BCUT2D eigenvalue weighted by Crippen LogP contribution is 2.44. The molecule has 0 unspecified atom stereocenters. The normalized spacial score (nSPS) is 13.7. The second-order valence-electron chi connectivity index (χ2n) is 6.33. The lowest BCUT2D eigenvalue weighted by Gasteiger charge is -2.15. The fraction of sp³-hybridized carbons (Fsp3) is 0.350. The first-order chi connectivity index (χ1) is 12.7. The first kappa shape index (κ1) is 16.6. The molecule has 0 bridgehead atoms. The Bertz CT molecular complexity index is 935. The lowest BCUT2D eigenvalue weighted by molar-refractivity contribution is 0.324. The average Bonchev–Trinajstić information content (AvgIpc) is 3.44. The van der Waals surface area contributed by atoms with Crippen LogP contribution in [0.4, 0.5) is 0 Å². The number of hydrogen-bond donors (Lipinski definition) is 0. The maximum absolute atomic E-state index is 5.51. The van der Waals surface area contributed by atoms with Crippen molar-refractivity contribution in [1.29, 1.82) is 0 Å². The van der Waals surface area contributed by atoms with Crippen LogP contribution in [0.25, 0.3) is 22.0 Å². The van der Waals surface area contributed by atoms with Crippen molar-refractivity contribution in [2.45, 2.75) is 18.9 Å². The minimum atomic E-state index is 0.500. The van der Waals surface area contributed by atoms with Gasteiger partial charge in [0.1, 0.15) is 11.3 Å². The van der Waals surface area contributed by atoms with Crippen LogP contribution < -0.4 is 18.9 Å². The third-order valence-electron chi connectivity index (χ3n) is 4.77. The smallest absolute Gasteiger partial charge is 0.203 e. The van der Waals surface area contributed by atoms with Crippen molar-refractivity contribution in [2.24, 2.45) is 0 Å². The number of benzene rings is 2. The second kappa shape index (κ2) is 6.44. The van der Waals surface area contributed by atoms with Crippen LogP contribution in [-0.2, 0) is 0 Å². The maximum Gasteiger partial charge on any atom is 0.203 e. The van der Waals surface area contributed by atoms with Gasteiger partial charge in [-0.1, -0.05) is 0 Å². The molecule has 1 aromatic heterocycles. The molecule has 26 heavy (non-hydrogen) atoms. The Kier molecular flexibility index (Phi) is 4.11. The molecule has 4 rings (SSSR count). The van der Waals surface area contributed by atoms with Gasteiger partial charge in [0, 0.05) is 11.6 Å². The van der Waals surface area contributed by atoms with Crippen molar-refractivity contribution in [1.82, 2.24) is 9.78 Å². The molecule has 0 radical (unpaired) electrons. The molecule has 0 saturated heterocycles. The number of hydrogen-bond acceptors (Lipinski definition) is 5. The molecule has 136 valence electrons. The van der Waals surface area contributed by atoms with Crippen LogP contribution in [0.1, 0.15) is 18.9 Å². The van der Waals surface area contributed by atoms with Crippen LogP contribution in [0.3, 0.4) is 0 Å². The Morgan fingerprint density at radius 3 is 2.08 bits per heavy atom. The fourth-order valence-electron chi connectivity index (χ4n) is 3.28. The first-order valence-corrected chi connectivity index (χ1v) is 8.56. The van der Waals surface area contributed by atoms with E-state index in [0.29, 0.717) is 23.3 Å². The number of nitrogens with zero attached hydrogens (tertiary/aromatic N) is 2. The van der Waals surface area contributed by atoms with E-state index in [1.165, 1.54) is 12.8 Å². The molecule has 6 nitrogen and oxygen atoms in total. The standard InChI is InChI=1S/C20H22N2O4/c1-23-16-8-7-14(15-11-22(13-5-6-13)21-19(15)16)12-9-17(24-2)20(26-4)18(10-12)25-3/h7-11,13H,5-6H2,1-4H3. The molecule has 1 fully saturated rings. The van der Waals surface area contributed by atoms with Crippen molar-refractivity contribution in [3.63, 3.8) is 0 Å². The largest absolute Gasteiger partial charge is 0.494 e. The fourth-order valence-corrected chi connectivity index (χ4v) is 3.28. The molecule has 1 saturated carbocycles. The van der Waals surface area contributed by atoms with Crippen LogP contribution in [0.5, 0.6) is 23.0 Å². The molecule has 1 aliphatic rings. The zero-order valence-corrected chi connectivity index (χ0v) is 15.4. The molecule has 0 aliphatic heterocycles. The number of fused-ring (bicyclic) bond motifs is 1. The average molecular weight is 354 g/mol. The molecule has 2 aromatic carbocycles. The van der Waals surface area contributed by atoms with E-state index in [4.69, 9.17) is 24.0 Å². The van der Waals surface area contributed by atoms with Crippen molar-refractivity contribution in [2.75, 3.05) is 28.4 Å². The van der Waals surface area contributed by atoms with E-state index >= 15 is 0 Å². The van der Waals surface area contributed by atoms with Crippen molar-refractivity contribution < 1.29 is 18.9 Å². The van der Waals surface area contributed by atoms with Crippen LogP contribution in [0, 0.1) is 0 Å². The summed E-state index contributed by atoms with van der Waals surface area (Å²) in [6, 6.07) is 8.40. The van der Waals surface area contributed by atoms with Gasteiger partial charge in [-0.2, -0.15) is 5.10 Å². The van der Waals surface area contributed by atoms with Gasteiger partial charge in [-0.05, 0) is 48.2 Å². The van der Waals surface area contributed by atoms with E-state index in [1.807, 2.05) is 24.3 Å². The molecule has 0 atom stereocenters. The van der Waals surface area contributed by atoms with E-state index < -0.39 is 0 Å². The molecule has 3 aromatic rings. The van der Waals surface area contributed by atoms with E-state index in [-0.39, 0.29) is 0 Å². The van der Waals surface area contributed by atoms with Gasteiger partial charge in [-0.3, -0.25) is 4.68 Å². The van der Waals surface area contributed by atoms with Gasteiger partial charge in [0.25, 0.3) is 0 Å². The van der Waals surface area contributed by atoms with Gasteiger partial charge in [-0.15, -0.1) is 0 Å². The van der Waals surface area contributed by atoms with E-state index in [0.717, 1.165) is 27.8 Å². The maximum atomic E-state index is 5.51. The highest BCUT2D eigenvalue weighted by Gasteiger charge is 2.26. The van der Waals surface area contributed by atoms with E-state index in [9.17, 15) is 0 Å². The topological polar surface area (TPSA) is 54.7 Å². The molecular formula is C20H22N2O4. The summed E-state index contributed by atoms with van der Waals surface area (Å²) in [7, 11) is 6.51. The van der Waals surface area contributed by atoms with Crippen molar-refractivity contribution in [3.8, 4) is 34.1 Å². The molecule has 0 amide bonds. The van der Waals surface area contributed by atoms with Gasteiger partial charge in [0.05, 0.1) is 34.5 Å². The molecule has 6 heteroatoms. The Morgan fingerprint density at radius 2 is 1.54 bits per heavy atom. The van der Waals surface area contributed by atoms with E-state index in [1.54, 1.807) is 28.4 Å². The van der Waals surface area contributed by atoms with Gasteiger partial charge in [0.15, 0.2) is 11.5 Å². The minimum Gasteiger partial charge on any atom is -0.494 e. The SMILES string of the molecule is COc1cc(-c2ccc(OC)c3nn(C4CC4)cc23)cc(OC)c1OC. The summed E-state index contributed by atoms with van der Waals surface area (Å²) in [5.41, 5.74) is 2.89. The Hall–Kier alpha value is -2.89. The lowest BCUT2D eigenvalue weighted by Crippen LogP contribution is -1.96. The molecule has 0 spiro atoms. The summed E-state index contributed by atoms with van der Waals surface area (Å²) >= 11 is 0. The van der Waals surface area contributed by atoms with Gasteiger partial charge >= 0.3 is 0 Å². The lowest BCUT2D eigenvalue weighted by atomic mass is 10.0. The van der Waals surface area contributed by atoms with Crippen LogP contribution >= 0.6 is 0 Å². The third-order valence-corrected chi connectivity index (χ3v) is 4.77. The Morgan fingerprint density at radius 1 is 0.885 bits per heavy atom. The molecular weight excluding hydrogens is 332 g/mol. The van der Waals surface area contributed by atoms with Gasteiger partial charge in [0.2, 0.25) is 5.75 Å². The first-order valence-electron chi connectivity index (χ1n) is 8.56. The Balaban J connectivity index is 1.94. The summed E-state index contributed by atoms with van der Waals surface area (Å²) in [4.78, 5) is 0. The summed E-state index contributed by atoms with van der Waals surface area (Å²) in [6.45, 7) is 0. The highest BCUT2D eigenvalue weighted by molar-refractivity contribution is 5.98. The summed E-state index contributed by atoms with van der Waals surface area (Å²) in [5.74, 6) is 2.61. The summed E-state index contributed by atoms with van der Waals surface area (Å²) < 4.78 is 24.0. The third kappa shape index (κ3) is 2.62. The summed E-state index contributed by atoms with van der Waals surface area (Å²) in [6.07, 6.45) is 4.46. The highest BCUT2D eigenvalue weighted by atomic mass is 16.5. The van der Waals surface area contributed by atoms with E-state index in [2.05, 4.69) is 10.9 Å². The zero-order valence-electron chi connectivity index (χ0n) is 15.4. The van der Waals surface area contributed by atoms with Crippen molar-refractivity contribution >= 4 is 10.9 Å². The van der Waals surface area contributed by atoms with Gasteiger partial charge in [-0.25, -0.2) is 0 Å². The number of aromatic nitrogens is 2. The minimum absolute atomic E-state index is 0.500. The number of ether oxygens (including phenoxy) is 4. The zero-order chi connectivity index (χ0) is 18.3. The predicted octanol–water partition coefficient (Wildman–Crippen LogP) is 4.07. The number of rotatable bonds is 6. The van der Waals surface area contributed by atoms with Gasteiger partial charge < -0.3 is 18.9 Å².